The molecule has 0 aliphatic carbocycles. The summed E-state index contributed by atoms with van der Waals surface area (Å²) in [6.07, 6.45) is -0.486. The van der Waals surface area contributed by atoms with Crippen molar-refractivity contribution < 1.29 is 23.1 Å². The predicted octanol–water partition coefficient (Wildman–Crippen LogP) is 2.01. The van der Waals surface area contributed by atoms with Gasteiger partial charge in [-0.15, -0.1) is 0 Å². The molecule has 0 spiro atoms. The maximum atomic E-state index is 13.6. The van der Waals surface area contributed by atoms with E-state index in [2.05, 4.69) is 6.07 Å². The van der Waals surface area contributed by atoms with Gasteiger partial charge >= 0.3 is 0 Å². The van der Waals surface area contributed by atoms with Crippen LogP contribution in [0, 0.1) is 17.2 Å². The zero-order valence-corrected chi connectivity index (χ0v) is 22.2. The SMILES string of the molecule is C[C@@H]1CN([C@H](C)CO)S(=O)(=O)c2ccc(-c3ccc(C#N)cc3)cc2O[C@@H]1CN(C)C(=O)CN(C)C. The van der Waals surface area contributed by atoms with Gasteiger partial charge < -0.3 is 19.6 Å². The molecule has 0 fully saturated rings. The third-order valence-corrected chi connectivity index (χ3v) is 8.37. The van der Waals surface area contributed by atoms with Crippen LogP contribution in [-0.4, -0.2) is 93.1 Å². The number of sulfonamides is 1. The summed E-state index contributed by atoms with van der Waals surface area (Å²) in [5, 5.41) is 18.9. The van der Waals surface area contributed by atoms with Gasteiger partial charge in [0.1, 0.15) is 16.7 Å². The topological polar surface area (TPSA) is 114 Å². The Hall–Kier alpha value is -2.97. The van der Waals surface area contributed by atoms with Crippen molar-refractivity contribution in [3.8, 4) is 22.9 Å². The van der Waals surface area contributed by atoms with E-state index in [0.29, 0.717) is 5.56 Å². The molecule has 194 valence electrons. The van der Waals surface area contributed by atoms with Crippen molar-refractivity contribution in [2.75, 3.05) is 47.4 Å². The second kappa shape index (κ2) is 11.4. The zero-order chi connectivity index (χ0) is 26.6. The average molecular weight is 515 g/mol. The van der Waals surface area contributed by atoms with Gasteiger partial charge in [0, 0.05) is 25.6 Å². The molecule has 9 nitrogen and oxygen atoms in total. The normalized spacial score (nSPS) is 20.4. The number of benzene rings is 2. The van der Waals surface area contributed by atoms with E-state index in [1.807, 2.05) is 21.0 Å². The first-order valence-corrected chi connectivity index (χ1v) is 13.2. The molecule has 0 saturated carbocycles. The first-order chi connectivity index (χ1) is 17.0. The van der Waals surface area contributed by atoms with Crippen molar-refractivity contribution in [2.45, 2.75) is 30.9 Å². The monoisotopic (exact) mass is 514 g/mol. The predicted molar refractivity (Wildman–Crippen MR) is 137 cm³/mol. The number of ether oxygens (including phenoxy) is 1. The number of amides is 1. The highest BCUT2D eigenvalue weighted by molar-refractivity contribution is 7.89. The first kappa shape index (κ1) is 27.6. The molecule has 36 heavy (non-hydrogen) atoms. The largest absolute Gasteiger partial charge is 0.487 e. The van der Waals surface area contributed by atoms with E-state index >= 15 is 0 Å². The van der Waals surface area contributed by atoms with Crippen LogP contribution in [0.2, 0.25) is 0 Å². The second-order valence-electron chi connectivity index (χ2n) is 9.60. The van der Waals surface area contributed by atoms with Crippen LogP contribution >= 0.6 is 0 Å². The van der Waals surface area contributed by atoms with Crippen LogP contribution in [0.15, 0.2) is 47.4 Å². The highest BCUT2D eigenvalue weighted by atomic mass is 32.2. The molecule has 0 aromatic heterocycles. The Bertz CT molecular complexity index is 1220. The van der Waals surface area contributed by atoms with Gasteiger partial charge in [-0.25, -0.2) is 8.42 Å². The van der Waals surface area contributed by atoms with E-state index < -0.39 is 22.2 Å². The summed E-state index contributed by atoms with van der Waals surface area (Å²) >= 11 is 0. The Balaban J connectivity index is 2.07. The molecular formula is C26H34N4O5S. The maximum absolute atomic E-state index is 13.6. The van der Waals surface area contributed by atoms with E-state index in [1.165, 1.54) is 10.4 Å². The van der Waals surface area contributed by atoms with E-state index in [-0.39, 0.29) is 48.7 Å². The van der Waals surface area contributed by atoms with E-state index in [4.69, 9.17) is 10.00 Å². The number of nitrogens with zero attached hydrogens (tertiary/aromatic N) is 4. The molecule has 10 heteroatoms. The Labute approximate surface area is 213 Å². The zero-order valence-electron chi connectivity index (χ0n) is 21.4. The van der Waals surface area contributed by atoms with Gasteiger partial charge in [-0.2, -0.15) is 9.57 Å². The van der Waals surface area contributed by atoms with Crippen molar-refractivity contribution in [1.29, 1.82) is 5.26 Å². The minimum Gasteiger partial charge on any atom is -0.487 e. The number of rotatable bonds is 7. The summed E-state index contributed by atoms with van der Waals surface area (Å²) in [6, 6.07) is 13.4. The standard InChI is InChI=1S/C26H34N4O5S/c1-18-14-30(19(2)17-31)36(33,34)25-11-10-22(21-8-6-20(13-27)7-9-21)12-23(25)35-24(18)15-29(5)26(32)16-28(3)4/h6-12,18-19,24,31H,14-17H2,1-5H3/t18-,19-,24-/m1/s1. The van der Waals surface area contributed by atoms with Gasteiger partial charge in [-0.3, -0.25) is 4.79 Å². The molecule has 3 atom stereocenters. The minimum absolute atomic E-state index is 0.0133. The quantitative estimate of drug-likeness (QED) is 0.601. The molecule has 2 aromatic rings. The molecule has 1 amide bonds. The number of aliphatic hydroxyl groups excluding tert-OH is 1. The number of carbonyl (C=O) groups is 1. The van der Waals surface area contributed by atoms with Gasteiger partial charge in [-0.05, 0) is 56.4 Å². The van der Waals surface area contributed by atoms with Crippen molar-refractivity contribution in [3.05, 3.63) is 48.0 Å². The molecule has 1 aliphatic rings. The van der Waals surface area contributed by atoms with Gasteiger partial charge in [0.2, 0.25) is 15.9 Å². The lowest BCUT2D eigenvalue weighted by atomic mass is 10.0. The molecular weight excluding hydrogens is 480 g/mol. The smallest absolute Gasteiger partial charge is 0.247 e. The molecule has 2 aromatic carbocycles. The van der Waals surface area contributed by atoms with E-state index in [0.717, 1.165) is 11.1 Å². The van der Waals surface area contributed by atoms with Crippen LogP contribution in [0.5, 0.6) is 5.75 Å². The lowest BCUT2D eigenvalue weighted by Gasteiger charge is -2.37. The molecule has 0 radical (unpaired) electrons. The molecule has 0 unspecified atom stereocenters. The summed E-state index contributed by atoms with van der Waals surface area (Å²) in [4.78, 5) is 16.0. The Morgan fingerprint density at radius 1 is 1.19 bits per heavy atom. The average Bonchev–Trinajstić information content (AvgIpc) is 2.85. The van der Waals surface area contributed by atoms with Crippen LogP contribution < -0.4 is 4.74 Å². The van der Waals surface area contributed by atoms with Crippen molar-refractivity contribution in [3.63, 3.8) is 0 Å². The highest BCUT2D eigenvalue weighted by Crippen LogP contribution is 2.36. The first-order valence-electron chi connectivity index (χ1n) is 11.8. The summed E-state index contributed by atoms with van der Waals surface area (Å²) in [5.74, 6) is -0.148. The van der Waals surface area contributed by atoms with E-state index in [1.54, 1.807) is 60.2 Å². The van der Waals surface area contributed by atoms with Crippen LogP contribution in [-0.2, 0) is 14.8 Å². The number of aliphatic hydroxyl groups is 1. The Kier molecular flexibility index (Phi) is 8.74. The van der Waals surface area contributed by atoms with Crippen molar-refractivity contribution >= 4 is 15.9 Å². The van der Waals surface area contributed by atoms with Gasteiger partial charge in [0.15, 0.2) is 0 Å². The third-order valence-electron chi connectivity index (χ3n) is 6.35. The molecule has 3 rings (SSSR count). The summed E-state index contributed by atoms with van der Waals surface area (Å²) in [5.41, 5.74) is 2.07. The number of hydrogen-bond donors (Lipinski definition) is 1. The fourth-order valence-electron chi connectivity index (χ4n) is 4.12. The minimum atomic E-state index is -3.96. The van der Waals surface area contributed by atoms with Gasteiger partial charge in [0.05, 0.1) is 31.3 Å². The number of nitriles is 1. The molecule has 0 saturated heterocycles. The van der Waals surface area contributed by atoms with Crippen LogP contribution in [0.25, 0.3) is 11.1 Å². The fraction of sp³-hybridized carbons (Fsp3) is 0.462. The lowest BCUT2D eigenvalue weighted by molar-refractivity contribution is -0.132. The van der Waals surface area contributed by atoms with Gasteiger partial charge in [0.25, 0.3) is 0 Å². The Morgan fingerprint density at radius 2 is 1.83 bits per heavy atom. The fourth-order valence-corrected chi connectivity index (χ4v) is 5.95. The van der Waals surface area contributed by atoms with E-state index in [9.17, 15) is 18.3 Å². The second-order valence-corrected chi connectivity index (χ2v) is 11.5. The van der Waals surface area contributed by atoms with Crippen LogP contribution in [0.1, 0.15) is 19.4 Å². The van der Waals surface area contributed by atoms with Crippen molar-refractivity contribution in [1.82, 2.24) is 14.1 Å². The Morgan fingerprint density at radius 3 is 2.42 bits per heavy atom. The van der Waals surface area contributed by atoms with Gasteiger partial charge in [-0.1, -0.05) is 25.1 Å². The van der Waals surface area contributed by atoms with Crippen LogP contribution in [0.3, 0.4) is 0 Å². The van der Waals surface area contributed by atoms with Crippen LogP contribution in [0.4, 0.5) is 0 Å². The number of fused-ring (bicyclic) bond motifs is 1. The molecule has 1 N–H and O–H groups in total. The number of hydrogen-bond acceptors (Lipinski definition) is 7. The lowest BCUT2D eigenvalue weighted by Crippen LogP contribution is -2.50. The number of carbonyl (C=O) groups excluding carboxylic acids is 1. The highest BCUT2D eigenvalue weighted by Gasteiger charge is 2.38. The molecule has 0 bridgehead atoms. The number of likely N-dealkylation sites (N-methyl/N-ethyl adjacent to an activating group) is 2. The summed E-state index contributed by atoms with van der Waals surface area (Å²) < 4.78 is 34.9. The summed E-state index contributed by atoms with van der Waals surface area (Å²) in [6.45, 7) is 3.89. The summed E-state index contributed by atoms with van der Waals surface area (Å²) in [7, 11) is 1.39. The molecule has 1 aliphatic heterocycles. The van der Waals surface area contributed by atoms with Crippen molar-refractivity contribution in [2.24, 2.45) is 5.92 Å². The molecule has 1 heterocycles. The maximum Gasteiger partial charge on any atom is 0.247 e. The third kappa shape index (κ3) is 6.05.